The third-order valence-corrected chi connectivity index (χ3v) is 4.29. The smallest absolute Gasteiger partial charge is 0.242 e. The fourth-order valence-electron chi connectivity index (χ4n) is 1.40. The molecule has 0 saturated heterocycles. The van der Waals surface area contributed by atoms with Gasteiger partial charge in [-0.25, -0.2) is 13.1 Å². The second-order valence-electron chi connectivity index (χ2n) is 4.05. The zero-order chi connectivity index (χ0) is 14.8. The number of hydrogen-bond acceptors (Lipinski definition) is 5. The van der Waals surface area contributed by atoms with Gasteiger partial charge >= 0.3 is 0 Å². The molecular formula is C12H19BrN2O4S. The lowest BCUT2D eigenvalue weighted by Gasteiger charge is -2.07. The molecule has 1 heterocycles. The van der Waals surface area contributed by atoms with E-state index in [1.807, 2.05) is 0 Å². The first-order chi connectivity index (χ1) is 9.56. The molecule has 6 nitrogen and oxygen atoms in total. The van der Waals surface area contributed by atoms with Gasteiger partial charge in [-0.1, -0.05) is 0 Å². The molecule has 0 amide bonds. The minimum absolute atomic E-state index is 0.156. The van der Waals surface area contributed by atoms with Crippen molar-refractivity contribution in [2.45, 2.75) is 17.7 Å². The first-order valence-corrected chi connectivity index (χ1v) is 8.51. The summed E-state index contributed by atoms with van der Waals surface area (Å²) >= 11 is 3.20. The monoisotopic (exact) mass is 366 g/mol. The van der Waals surface area contributed by atoms with E-state index in [0.29, 0.717) is 37.3 Å². The van der Waals surface area contributed by atoms with E-state index < -0.39 is 10.0 Å². The topological polar surface area (TPSA) is 77.5 Å². The van der Waals surface area contributed by atoms with Crippen molar-refractivity contribution in [2.75, 3.05) is 33.5 Å². The van der Waals surface area contributed by atoms with E-state index in [9.17, 15) is 8.42 Å². The molecule has 0 unspecified atom stereocenters. The molecule has 114 valence electrons. The first-order valence-electron chi connectivity index (χ1n) is 6.23. The average Bonchev–Trinajstić information content (AvgIpc) is 2.42. The minimum Gasteiger partial charge on any atom is -0.382 e. The molecule has 1 N–H and O–H groups in total. The van der Waals surface area contributed by atoms with Gasteiger partial charge in [-0.05, 0) is 34.8 Å². The van der Waals surface area contributed by atoms with Crippen LogP contribution in [0.3, 0.4) is 0 Å². The molecule has 20 heavy (non-hydrogen) atoms. The maximum Gasteiger partial charge on any atom is 0.242 e. The Balaban J connectivity index is 2.24. The second kappa shape index (κ2) is 9.41. The van der Waals surface area contributed by atoms with Crippen LogP contribution in [0.1, 0.15) is 12.8 Å². The van der Waals surface area contributed by atoms with Crippen LogP contribution in [0.15, 0.2) is 27.8 Å². The zero-order valence-electron chi connectivity index (χ0n) is 11.3. The van der Waals surface area contributed by atoms with Crippen LogP contribution < -0.4 is 4.72 Å². The molecule has 0 radical (unpaired) electrons. The number of unbranched alkanes of at least 4 members (excludes halogenated alkanes) is 1. The number of sulfonamides is 1. The van der Waals surface area contributed by atoms with E-state index in [0.717, 1.165) is 6.42 Å². The number of hydrogen-bond donors (Lipinski definition) is 1. The molecule has 1 aromatic heterocycles. The highest BCUT2D eigenvalue weighted by Crippen LogP contribution is 2.13. The largest absolute Gasteiger partial charge is 0.382 e. The fraction of sp³-hybridized carbons (Fsp3) is 0.583. The molecular weight excluding hydrogens is 348 g/mol. The number of ether oxygens (including phenoxy) is 2. The highest BCUT2D eigenvalue weighted by Gasteiger charge is 2.13. The third-order valence-electron chi connectivity index (χ3n) is 2.43. The van der Waals surface area contributed by atoms with Crippen LogP contribution in [0.2, 0.25) is 0 Å². The SMILES string of the molecule is COCCOCCCCNS(=O)(=O)c1cncc(Br)c1. The molecule has 0 aromatic carbocycles. The molecule has 0 aliphatic heterocycles. The molecule has 0 bridgehead atoms. The normalized spacial score (nSPS) is 11.7. The van der Waals surface area contributed by atoms with Crippen LogP contribution in [0.25, 0.3) is 0 Å². The molecule has 0 saturated carbocycles. The predicted molar refractivity (Wildman–Crippen MR) is 79.1 cm³/mol. The summed E-state index contributed by atoms with van der Waals surface area (Å²) in [5, 5.41) is 0. The molecule has 0 aliphatic rings. The van der Waals surface area contributed by atoms with E-state index in [2.05, 4.69) is 25.6 Å². The summed E-state index contributed by atoms with van der Waals surface area (Å²) < 4.78 is 37.2. The first kappa shape index (κ1) is 17.5. The summed E-state index contributed by atoms with van der Waals surface area (Å²) in [4.78, 5) is 3.99. The summed E-state index contributed by atoms with van der Waals surface area (Å²) in [5.74, 6) is 0. The van der Waals surface area contributed by atoms with Gasteiger partial charge in [0, 0.05) is 37.1 Å². The Kier molecular flexibility index (Phi) is 8.24. The Labute approximate surface area is 128 Å². The van der Waals surface area contributed by atoms with Gasteiger partial charge in [-0.3, -0.25) is 4.98 Å². The van der Waals surface area contributed by atoms with E-state index in [-0.39, 0.29) is 4.90 Å². The van der Waals surface area contributed by atoms with Crippen LogP contribution in [-0.2, 0) is 19.5 Å². The number of nitrogens with zero attached hydrogens (tertiary/aromatic N) is 1. The summed E-state index contributed by atoms with van der Waals surface area (Å²) in [6.45, 7) is 2.11. The Morgan fingerprint density at radius 3 is 2.75 bits per heavy atom. The average molecular weight is 367 g/mol. The van der Waals surface area contributed by atoms with Crippen molar-refractivity contribution >= 4 is 26.0 Å². The predicted octanol–water partition coefficient (Wildman–Crippen LogP) is 1.57. The second-order valence-corrected chi connectivity index (χ2v) is 6.73. The van der Waals surface area contributed by atoms with E-state index >= 15 is 0 Å². The Morgan fingerprint density at radius 2 is 2.05 bits per heavy atom. The number of halogens is 1. The molecule has 1 rings (SSSR count). The quantitative estimate of drug-likeness (QED) is 0.635. The van der Waals surface area contributed by atoms with Gasteiger partial charge in [-0.2, -0.15) is 0 Å². The molecule has 0 fully saturated rings. The molecule has 1 aromatic rings. The van der Waals surface area contributed by atoms with E-state index in [4.69, 9.17) is 9.47 Å². The van der Waals surface area contributed by atoms with Gasteiger partial charge in [0.05, 0.1) is 13.2 Å². The molecule has 0 spiro atoms. The summed E-state index contributed by atoms with van der Waals surface area (Å²) in [6.07, 6.45) is 4.37. The van der Waals surface area contributed by atoms with Crippen molar-refractivity contribution in [2.24, 2.45) is 0 Å². The van der Waals surface area contributed by atoms with Crippen LogP contribution in [0, 0.1) is 0 Å². The Hall–Kier alpha value is -0.540. The van der Waals surface area contributed by atoms with Crippen LogP contribution >= 0.6 is 15.9 Å². The van der Waals surface area contributed by atoms with Crippen LogP contribution in [0.5, 0.6) is 0 Å². The van der Waals surface area contributed by atoms with Crippen molar-refractivity contribution in [1.29, 1.82) is 0 Å². The van der Waals surface area contributed by atoms with Crippen LogP contribution in [0.4, 0.5) is 0 Å². The van der Waals surface area contributed by atoms with Crippen molar-refractivity contribution in [3.05, 3.63) is 22.9 Å². The number of rotatable bonds is 10. The lowest BCUT2D eigenvalue weighted by Crippen LogP contribution is -2.25. The number of pyridine rings is 1. The van der Waals surface area contributed by atoms with Crippen molar-refractivity contribution < 1.29 is 17.9 Å². The molecule has 8 heteroatoms. The molecule has 0 atom stereocenters. The van der Waals surface area contributed by atoms with Crippen molar-refractivity contribution in [1.82, 2.24) is 9.71 Å². The number of nitrogens with one attached hydrogen (secondary N) is 1. The van der Waals surface area contributed by atoms with Gasteiger partial charge in [-0.15, -0.1) is 0 Å². The number of methoxy groups -OCH3 is 1. The van der Waals surface area contributed by atoms with E-state index in [1.165, 1.54) is 18.5 Å². The fourth-order valence-corrected chi connectivity index (χ4v) is 2.98. The lowest BCUT2D eigenvalue weighted by atomic mass is 10.3. The molecule has 0 aliphatic carbocycles. The van der Waals surface area contributed by atoms with Gasteiger partial charge in [0.1, 0.15) is 4.90 Å². The van der Waals surface area contributed by atoms with Gasteiger partial charge < -0.3 is 9.47 Å². The maximum atomic E-state index is 11.9. The van der Waals surface area contributed by atoms with Gasteiger partial charge in [0.2, 0.25) is 10.0 Å². The zero-order valence-corrected chi connectivity index (χ0v) is 13.7. The van der Waals surface area contributed by atoms with Gasteiger partial charge in [0.25, 0.3) is 0 Å². The summed E-state index contributed by atoms with van der Waals surface area (Å²) in [6, 6.07) is 1.52. The van der Waals surface area contributed by atoms with Crippen molar-refractivity contribution in [3.63, 3.8) is 0 Å². The summed E-state index contributed by atoms with van der Waals surface area (Å²) in [5.41, 5.74) is 0. The highest BCUT2D eigenvalue weighted by atomic mass is 79.9. The maximum absolute atomic E-state index is 11.9. The van der Waals surface area contributed by atoms with Crippen molar-refractivity contribution in [3.8, 4) is 0 Å². The summed E-state index contributed by atoms with van der Waals surface area (Å²) in [7, 11) is -1.87. The van der Waals surface area contributed by atoms with E-state index in [1.54, 1.807) is 7.11 Å². The standard InChI is InChI=1S/C12H19BrN2O4S/c1-18-6-7-19-5-3-2-4-15-20(16,17)12-8-11(13)9-14-10-12/h8-10,15H,2-7H2,1H3. The minimum atomic E-state index is -3.49. The van der Waals surface area contributed by atoms with Gasteiger partial charge in [0.15, 0.2) is 0 Å². The Morgan fingerprint density at radius 1 is 1.25 bits per heavy atom. The lowest BCUT2D eigenvalue weighted by molar-refractivity contribution is 0.0689. The number of aromatic nitrogens is 1. The van der Waals surface area contributed by atoms with Crippen LogP contribution in [-0.4, -0.2) is 46.9 Å². The Bertz CT molecular complexity index is 496. The highest BCUT2D eigenvalue weighted by molar-refractivity contribution is 9.10. The third kappa shape index (κ3) is 6.76.